The number of ether oxygens (including phenoxy) is 2. The Kier molecular flexibility index (Phi) is 18.0. The summed E-state index contributed by atoms with van der Waals surface area (Å²) in [6.07, 6.45) is 9.60. The minimum Gasteiger partial charge on any atom is -0.512 e. The van der Waals surface area contributed by atoms with E-state index in [-0.39, 0.29) is 83.0 Å². The molecule has 0 aliphatic carbocycles. The van der Waals surface area contributed by atoms with E-state index in [0.717, 1.165) is 151 Å². The van der Waals surface area contributed by atoms with Crippen LogP contribution in [0.1, 0.15) is 182 Å². The van der Waals surface area contributed by atoms with Crippen LogP contribution in [0.4, 0.5) is 0 Å². The van der Waals surface area contributed by atoms with E-state index in [1.807, 2.05) is 19.9 Å². The van der Waals surface area contributed by atoms with Crippen molar-refractivity contribution in [2.45, 2.75) is 182 Å². The topological polar surface area (TPSA) is 81.5 Å². The van der Waals surface area contributed by atoms with Crippen LogP contribution in [0.5, 0.6) is 23.0 Å². The minimum atomic E-state index is -0.207. The molecule has 0 saturated heterocycles. The third kappa shape index (κ3) is 13.7. The number of fused-ring (bicyclic) bond motifs is 10. The zero-order valence-corrected chi connectivity index (χ0v) is 58.6. The van der Waals surface area contributed by atoms with Gasteiger partial charge in [0, 0.05) is 72.0 Å². The minimum absolute atomic E-state index is 0. The van der Waals surface area contributed by atoms with E-state index in [9.17, 15) is 9.90 Å². The van der Waals surface area contributed by atoms with Crippen molar-refractivity contribution in [1.82, 2.24) is 9.97 Å². The van der Waals surface area contributed by atoms with Gasteiger partial charge in [-0.15, -0.1) is 35.0 Å². The molecule has 0 bridgehead atoms. The Bertz CT molecular complexity index is 4520. The zero-order valence-electron chi connectivity index (χ0n) is 59.2. The molecule has 2 aliphatic rings. The Hall–Kier alpha value is -6.92. The maximum absolute atomic E-state index is 12.0. The standard InChI is InChI=1S/C34H34NO.C33H32NO.C15H28O2.Ir/c1-20-11-12-23-22(15-20)16-27-31-30-25(13-14-35-31)24-10-8-9-21(18-33(2,3)4)26(24)17-29(30)36-32(27)28(23)19-34(5,6)7;1-32(2,3)18-21-11-9-13-23-24-14-15-34-30-26-16-20-10-7-8-12-22(20)27(19-33(4,5)6)31(26)35-28(29(24)30)17-25(21)23;1-6-12(7-2)13(16)11-14(17)15(8-3,9-4)10-5;/h8-15,17H,18-19H2,1-7H3;7-15,17H,18-19H2,1-6H3;11-12,17H,6-10H2,1-5H3;/q2*-1;;/b;;14-11-;/i13D,14D;15D;;. The molecule has 89 heavy (non-hydrogen) atoms. The number of carbonyl (C=O) groups is 1. The van der Waals surface area contributed by atoms with Gasteiger partial charge in [0.25, 0.3) is 0 Å². The van der Waals surface area contributed by atoms with E-state index in [1.165, 1.54) is 39.1 Å². The van der Waals surface area contributed by atoms with E-state index in [2.05, 4.69) is 214 Å². The second-order valence-corrected chi connectivity index (χ2v) is 29.9. The molecule has 0 fully saturated rings. The van der Waals surface area contributed by atoms with Gasteiger partial charge in [-0.2, -0.15) is 0 Å². The summed E-state index contributed by atoms with van der Waals surface area (Å²) in [5.41, 5.74) is 9.35. The van der Waals surface area contributed by atoms with E-state index < -0.39 is 0 Å². The average molecular weight is 1370 g/mol. The largest absolute Gasteiger partial charge is 0.512 e. The molecule has 0 amide bonds. The van der Waals surface area contributed by atoms with Crippen molar-refractivity contribution in [2.24, 2.45) is 33.0 Å². The number of aliphatic hydroxyl groups is 1. The number of aromatic nitrogens is 2. The summed E-state index contributed by atoms with van der Waals surface area (Å²) in [5, 5.41) is 22.6. The second-order valence-electron chi connectivity index (χ2n) is 29.9. The van der Waals surface area contributed by atoms with Crippen LogP contribution < -0.4 is 9.47 Å². The number of aliphatic hydroxyl groups excluding tert-OH is 1. The third-order valence-corrected chi connectivity index (χ3v) is 18.0. The first-order valence-corrected chi connectivity index (χ1v) is 32.3. The predicted molar refractivity (Wildman–Crippen MR) is 373 cm³/mol. The number of hydrogen-bond donors (Lipinski definition) is 1. The first-order chi connectivity index (χ1) is 42.8. The number of benzene rings is 8. The number of pyridine rings is 2. The number of allylic oxidation sites excluding steroid dienone is 2. The molecule has 2 aliphatic heterocycles. The summed E-state index contributed by atoms with van der Waals surface area (Å²) in [7, 11) is 0. The zero-order chi connectivity index (χ0) is 66.0. The average Bonchev–Trinajstić information content (AvgIpc) is 0.719. The molecule has 7 heteroatoms. The maximum Gasteiger partial charge on any atom is 0.162 e. The van der Waals surface area contributed by atoms with Gasteiger partial charge >= 0.3 is 0 Å². The fourth-order valence-electron chi connectivity index (χ4n) is 13.5. The van der Waals surface area contributed by atoms with Crippen LogP contribution in [0.25, 0.3) is 87.1 Å². The van der Waals surface area contributed by atoms with Crippen molar-refractivity contribution in [3.05, 3.63) is 167 Å². The van der Waals surface area contributed by atoms with Crippen LogP contribution in [-0.4, -0.2) is 20.9 Å². The summed E-state index contributed by atoms with van der Waals surface area (Å²) in [5.74, 6) is 3.57. The number of carbonyl (C=O) groups excluding carboxylic acids is 1. The molecular formula is C82H94IrN2O4-2. The third-order valence-electron chi connectivity index (χ3n) is 18.0. The van der Waals surface area contributed by atoms with E-state index in [1.54, 1.807) is 0 Å². The number of aryl methyl sites for hydroxylation is 1. The van der Waals surface area contributed by atoms with Crippen molar-refractivity contribution in [3.8, 4) is 45.5 Å². The molecule has 4 heterocycles. The van der Waals surface area contributed by atoms with E-state index in [4.69, 9.17) is 23.6 Å². The van der Waals surface area contributed by atoms with Crippen molar-refractivity contribution in [3.63, 3.8) is 0 Å². The molecule has 0 atom stereocenters. The first kappa shape index (κ1) is 62.3. The fraction of sp³-hybridized carbons (Fsp3) is 0.402. The summed E-state index contributed by atoms with van der Waals surface area (Å²) in [4.78, 5) is 21.4. The molecule has 6 nitrogen and oxygen atoms in total. The van der Waals surface area contributed by atoms with Gasteiger partial charge in [-0.25, -0.2) is 0 Å². The Morgan fingerprint density at radius 3 is 1.51 bits per heavy atom. The second kappa shape index (κ2) is 25.8. The molecule has 0 spiro atoms. The van der Waals surface area contributed by atoms with Gasteiger partial charge in [0.15, 0.2) is 5.78 Å². The number of rotatable bonds is 12. The SMILES string of the molecule is CCC(CC)C(=O)/C=C(\O)C(CC)(CC)CC.[2H]c1cc2c3c(cc4c(CC(C)(C)C)cccc42)Oc2c([c-]c4ccccc4c2CC(C)(C)C)-c3n1.[2H]c1nc2c3c(cc4c(CC(C)(C)C)cccc4c3c1[2H])Oc1c-2[c-]c2cc(C)ccc2c1CC(C)(C)C.[Ir]. The normalized spacial score (nSPS) is 13.6. The van der Waals surface area contributed by atoms with Crippen molar-refractivity contribution in [2.75, 3.05) is 0 Å². The van der Waals surface area contributed by atoms with Crippen LogP contribution in [0.3, 0.4) is 0 Å². The Balaban J connectivity index is 0.000000174. The van der Waals surface area contributed by atoms with Crippen LogP contribution in [-0.2, 0) is 50.6 Å². The van der Waals surface area contributed by atoms with Gasteiger partial charge < -0.3 is 14.6 Å². The number of hydrogen-bond acceptors (Lipinski definition) is 6. The van der Waals surface area contributed by atoms with Crippen molar-refractivity contribution >= 4 is 70.4 Å². The molecule has 2 aromatic heterocycles. The Morgan fingerprint density at radius 2 is 1.00 bits per heavy atom. The van der Waals surface area contributed by atoms with Gasteiger partial charge in [-0.05, 0) is 154 Å². The molecule has 0 unspecified atom stereocenters. The van der Waals surface area contributed by atoms with Crippen LogP contribution in [0.2, 0.25) is 0 Å². The molecular weight excluding hydrogens is 1270 g/mol. The van der Waals surface area contributed by atoms with Crippen molar-refractivity contribution in [1.29, 1.82) is 0 Å². The molecule has 10 aromatic rings. The molecule has 8 aromatic carbocycles. The molecule has 467 valence electrons. The summed E-state index contributed by atoms with van der Waals surface area (Å²) in [6, 6.07) is 41.3. The van der Waals surface area contributed by atoms with Gasteiger partial charge in [-0.1, -0.05) is 223 Å². The van der Waals surface area contributed by atoms with Crippen LogP contribution in [0.15, 0.2) is 127 Å². The summed E-state index contributed by atoms with van der Waals surface area (Å²) in [6.45, 7) is 39.4. The van der Waals surface area contributed by atoms with Crippen LogP contribution in [0, 0.1) is 52.0 Å². The maximum atomic E-state index is 12.0. The van der Waals surface area contributed by atoms with Crippen LogP contribution >= 0.6 is 0 Å². The van der Waals surface area contributed by atoms with Gasteiger partial charge in [-0.3, -0.25) is 14.8 Å². The molecule has 1 N–H and O–H groups in total. The summed E-state index contributed by atoms with van der Waals surface area (Å²) >= 11 is 0. The van der Waals surface area contributed by atoms with Crippen molar-refractivity contribution < 1.29 is 43.6 Å². The van der Waals surface area contributed by atoms with E-state index in [0.29, 0.717) is 11.4 Å². The molecule has 0 saturated carbocycles. The quantitative estimate of drug-likeness (QED) is 0.0568. The number of ketones is 1. The monoisotopic (exact) mass is 1370 g/mol. The predicted octanol–water partition coefficient (Wildman–Crippen LogP) is 23.5. The summed E-state index contributed by atoms with van der Waals surface area (Å²) < 4.78 is 39.9. The smallest absolute Gasteiger partial charge is 0.162 e. The first-order valence-electron chi connectivity index (χ1n) is 33.8. The molecule has 1 radical (unpaired) electrons. The van der Waals surface area contributed by atoms with Gasteiger partial charge in [0.1, 0.15) is 17.3 Å². The number of nitrogens with zero attached hydrogens (tertiary/aromatic N) is 2. The van der Waals surface area contributed by atoms with Gasteiger partial charge in [0.2, 0.25) is 0 Å². The van der Waals surface area contributed by atoms with Gasteiger partial charge in [0.05, 0.1) is 15.6 Å². The Labute approximate surface area is 548 Å². The molecule has 12 rings (SSSR count). The fourth-order valence-corrected chi connectivity index (χ4v) is 13.5. The Morgan fingerprint density at radius 1 is 0.539 bits per heavy atom. The van der Waals surface area contributed by atoms with E-state index >= 15 is 0 Å².